The number of aromatic nitrogens is 2. The third-order valence-electron chi connectivity index (χ3n) is 2.55. The second-order valence-electron chi connectivity index (χ2n) is 4.01. The van der Waals surface area contributed by atoms with E-state index in [1.807, 2.05) is 0 Å². The molecule has 19 heavy (non-hydrogen) atoms. The van der Waals surface area contributed by atoms with E-state index in [1.54, 1.807) is 7.05 Å². The second-order valence-corrected chi connectivity index (χ2v) is 6.06. The van der Waals surface area contributed by atoms with Crippen LogP contribution in [0.3, 0.4) is 0 Å². The summed E-state index contributed by atoms with van der Waals surface area (Å²) < 4.78 is 26.8. The SMILES string of the molecule is CNCCN(C)S(=O)(=O)c1cnn(CCC(=O)O)c1. The Hall–Kier alpha value is -1.45. The number of aliphatic carboxylic acids is 1. The van der Waals surface area contributed by atoms with Gasteiger partial charge in [0.1, 0.15) is 4.90 Å². The van der Waals surface area contributed by atoms with Gasteiger partial charge >= 0.3 is 5.97 Å². The first-order valence-electron chi connectivity index (χ1n) is 5.73. The zero-order valence-corrected chi connectivity index (χ0v) is 11.7. The van der Waals surface area contributed by atoms with Gasteiger partial charge in [-0.3, -0.25) is 9.48 Å². The summed E-state index contributed by atoms with van der Waals surface area (Å²) >= 11 is 0. The summed E-state index contributed by atoms with van der Waals surface area (Å²) in [7, 11) is -0.339. The van der Waals surface area contributed by atoms with Crippen LogP contribution in [0.1, 0.15) is 6.42 Å². The summed E-state index contributed by atoms with van der Waals surface area (Å²) in [5.41, 5.74) is 0. The maximum Gasteiger partial charge on any atom is 0.305 e. The van der Waals surface area contributed by atoms with Crippen molar-refractivity contribution in [3.05, 3.63) is 12.4 Å². The second kappa shape index (κ2) is 6.64. The minimum Gasteiger partial charge on any atom is -0.481 e. The van der Waals surface area contributed by atoms with Gasteiger partial charge in [0.2, 0.25) is 10.0 Å². The fourth-order valence-corrected chi connectivity index (χ4v) is 2.51. The molecule has 0 saturated heterocycles. The molecule has 2 N–H and O–H groups in total. The summed E-state index contributed by atoms with van der Waals surface area (Å²) in [5, 5.41) is 15.3. The molecular weight excluding hydrogens is 272 g/mol. The number of likely N-dealkylation sites (N-methyl/N-ethyl adjacent to an activating group) is 2. The predicted molar refractivity (Wildman–Crippen MR) is 68.2 cm³/mol. The molecule has 0 aliphatic rings. The Morgan fingerprint density at radius 3 is 2.84 bits per heavy atom. The maximum atomic E-state index is 12.1. The Bertz CT molecular complexity index is 525. The Balaban J connectivity index is 2.76. The lowest BCUT2D eigenvalue weighted by atomic mass is 10.4. The Labute approximate surface area is 112 Å². The number of nitrogens with one attached hydrogen (secondary N) is 1. The van der Waals surface area contributed by atoms with E-state index in [-0.39, 0.29) is 17.9 Å². The minimum absolute atomic E-state index is 0.0662. The van der Waals surface area contributed by atoms with Crippen molar-refractivity contribution in [2.75, 3.05) is 27.2 Å². The van der Waals surface area contributed by atoms with E-state index < -0.39 is 16.0 Å². The molecule has 0 amide bonds. The van der Waals surface area contributed by atoms with E-state index in [0.29, 0.717) is 13.1 Å². The molecule has 0 spiro atoms. The van der Waals surface area contributed by atoms with Crippen LogP contribution in [0, 0.1) is 0 Å². The molecule has 1 aromatic rings. The highest BCUT2D eigenvalue weighted by Gasteiger charge is 2.22. The lowest BCUT2D eigenvalue weighted by Crippen LogP contribution is -2.32. The average Bonchev–Trinajstić information content (AvgIpc) is 2.82. The number of sulfonamides is 1. The van der Waals surface area contributed by atoms with E-state index in [1.165, 1.54) is 28.4 Å². The lowest BCUT2D eigenvalue weighted by Gasteiger charge is -2.15. The van der Waals surface area contributed by atoms with Gasteiger partial charge in [-0.05, 0) is 7.05 Å². The molecule has 108 valence electrons. The van der Waals surface area contributed by atoms with Crippen LogP contribution >= 0.6 is 0 Å². The fourth-order valence-electron chi connectivity index (χ4n) is 1.38. The van der Waals surface area contributed by atoms with Gasteiger partial charge in [-0.15, -0.1) is 0 Å². The van der Waals surface area contributed by atoms with Crippen LogP contribution in [0.5, 0.6) is 0 Å². The highest BCUT2D eigenvalue weighted by molar-refractivity contribution is 7.89. The number of aryl methyl sites for hydroxylation is 1. The van der Waals surface area contributed by atoms with Gasteiger partial charge in [-0.25, -0.2) is 8.42 Å². The van der Waals surface area contributed by atoms with Crippen LogP contribution in [0.15, 0.2) is 17.3 Å². The zero-order chi connectivity index (χ0) is 14.5. The molecule has 0 saturated carbocycles. The van der Waals surface area contributed by atoms with E-state index in [9.17, 15) is 13.2 Å². The summed E-state index contributed by atoms with van der Waals surface area (Å²) in [6, 6.07) is 0. The van der Waals surface area contributed by atoms with E-state index in [2.05, 4.69) is 10.4 Å². The van der Waals surface area contributed by atoms with Crippen LogP contribution in [-0.4, -0.2) is 60.8 Å². The number of hydrogen-bond acceptors (Lipinski definition) is 5. The quantitative estimate of drug-likeness (QED) is 0.649. The molecule has 0 aliphatic heterocycles. The van der Waals surface area contributed by atoms with Crippen molar-refractivity contribution >= 4 is 16.0 Å². The molecule has 0 fully saturated rings. The molecule has 0 unspecified atom stereocenters. The summed E-state index contributed by atoms with van der Waals surface area (Å²) in [6.07, 6.45) is 2.47. The van der Waals surface area contributed by atoms with Gasteiger partial charge in [0.15, 0.2) is 0 Å². The molecule has 8 nitrogen and oxygen atoms in total. The van der Waals surface area contributed by atoms with Crippen molar-refractivity contribution in [2.24, 2.45) is 0 Å². The van der Waals surface area contributed by atoms with Crippen molar-refractivity contribution in [3.8, 4) is 0 Å². The van der Waals surface area contributed by atoms with E-state index in [4.69, 9.17) is 5.11 Å². The molecule has 1 aromatic heterocycles. The zero-order valence-electron chi connectivity index (χ0n) is 10.9. The number of carbonyl (C=O) groups is 1. The standard InChI is InChI=1S/C10H18N4O4S/c1-11-4-6-13(2)19(17,18)9-7-12-14(8-9)5-3-10(15)16/h7-8,11H,3-6H2,1-2H3,(H,15,16). The molecule has 1 rings (SSSR count). The van der Waals surface area contributed by atoms with E-state index >= 15 is 0 Å². The molecule has 1 heterocycles. The Kier molecular flexibility index (Phi) is 5.45. The van der Waals surface area contributed by atoms with Crippen molar-refractivity contribution in [2.45, 2.75) is 17.9 Å². The smallest absolute Gasteiger partial charge is 0.305 e. The predicted octanol–water partition coefficient (Wildman–Crippen LogP) is -0.802. The summed E-state index contributed by atoms with van der Waals surface area (Å²) in [5.74, 6) is -0.953. The third-order valence-corrected chi connectivity index (χ3v) is 4.36. The number of carboxylic acids is 1. The van der Waals surface area contributed by atoms with Gasteiger partial charge in [0.25, 0.3) is 0 Å². The van der Waals surface area contributed by atoms with Crippen LogP contribution in [0.25, 0.3) is 0 Å². The van der Waals surface area contributed by atoms with Crippen LogP contribution in [0.2, 0.25) is 0 Å². The highest BCUT2D eigenvalue weighted by Crippen LogP contribution is 2.12. The first-order chi connectivity index (χ1) is 8.87. The van der Waals surface area contributed by atoms with Gasteiger partial charge < -0.3 is 10.4 Å². The Morgan fingerprint density at radius 2 is 2.26 bits per heavy atom. The highest BCUT2D eigenvalue weighted by atomic mass is 32.2. The average molecular weight is 290 g/mol. The number of nitrogens with zero attached hydrogens (tertiary/aromatic N) is 3. The van der Waals surface area contributed by atoms with Crippen LogP contribution in [-0.2, 0) is 21.4 Å². The van der Waals surface area contributed by atoms with Gasteiger partial charge in [-0.1, -0.05) is 0 Å². The van der Waals surface area contributed by atoms with Crippen LogP contribution in [0.4, 0.5) is 0 Å². The normalized spacial score (nSPS) is 11.9. The van der Waals surface area contributed by atoms with Crippen molar-refractivity contribution in [3.63, 3.8) is 0 Å². The molecule has 0 radical (unpaired) electrons. The van der Waals surface area contributed by atoms with Gasteiger partial charge in [0, 0.05) is 26.3 Å². The molecule has 0 atom stereocenters. The van der Waals surface area contributed by atoms with E-state index in [0.717, 1.165) is 0 Å². The monoisotopic (exact) mass is 290 g/mol. The summed E-state index contributed by atoms with van der Waals surface area (Å²) in [6.45, 7) is 1.03. The fraction of sp³-hybridized carbons (Fsp3) is 0.600. The van der Waals surface area contributed by atoms with Crippen molar-refractivity contribution in [1.29, 1.82) is 0 Å². The minimum atomic E-state index is -3.57. The number of carboxylic acid groups (broad SMARTS) is 1. The Morgan fingerprint density at radius 1 is 1.58 bits per heavy atom. The third kappa shape index (κ3) is 4.30. The topological polar surface area (TPSA) is 105 Å². The largest absolute Gasteiger partial charge is 0.481 e. The summed E-state index contributed by atoms with van der Waals surface area (Å²) in [4.78, 5) is 10.5. The number of hydrogen-bond donors (Lipinski definition) is 2. The molecule has 9 heteroatoms. The van der Waals surface area contributed by atoms with Gasteiger partial charge in [-0.2, -0.15) is 9.40 Å². The lowest BCUT2D eigenvalue weighted by molar-refractivity contribution is -0.137. The first kappa shape index (κ1) is 15.6. The molecule has 0 aliphatic carbocycles. The first-order valence-corrected chi connectivity index (χ1v) is 7.17. The maximum absolute atomic E-state index is 12.1. The molecule has 0 bridgehead atoms. The molecule has 0 aromatic carbocycles. The number of rotatable bonds is 8. The van der Waals surface area contributed by atoms with Crippen molar-refractivity contribution in [1.82, 2.24) is 19.4 Å². The molecular formula is C10H18N4O4S. The van der Waals surface area contributed by atoms with Crippen LogP contribution < -0.4 is 5.32 Å². The van der Waals surface area contributed by atoms with Crippen molar-refractivity contribution < 1.29 is 18.3 Å². The van der Waals surface area contributed by atoms with Gasteiger partial charge in [0.05, 0.1) is 19.2 Å².